The van der Waals surface area contributed by atoms with Crippen molar-refractivity contribution in [3.05, 3.63) is 58.6 Å². The van der Waals surface area contributed by atoms with Crippen LogP contribution in [0.25, 0.3) is 0 Å². The van der Waals surface area contributed by atoms with Gasteiger partial charge in [0.05, 0.1) is 18.1 Å². The first kappa shape index (κ1) is 23.7. The molecule has 0 bridgehead atoms. The van der Waals surface area contributed by atoms with E-state index in [4.69, 9.17) is 16.3 Å². The van der Waals surface area contributed by atoms with E-state index in [0.717, 1.165) is 5.56 Å². The van der Waals surface area contributed by atoms with Crippen LogP contribution in [0.5, 0.6) is 0 Å². The van der Waals surface area contributed by atoms with E-state index in [2.05, 4.69) is 5.32 Å². The average molecular weight is 492 g/mol. The van der Waals surface area contributed by atoms with Gasteiger partial charge in [0, 0.05) is 43.7 Å². The van der Waals surface area contributed by atoms with Crippen molar-refractivity contribution >= 4 is 39.1 Å². The summed E-state index contributed by atoms with van der Waals surface area (Å²) >= 11 is 5.90. The number of hydrogen-bond acceptors (Lipinski definition) is 5. The first-order valence-electron chi connectivity index (χ1n) is 10.8. The predicted octanol–water partition coefficient (Wildman–Crippen LogP) is 2.00. The Labute approximate surface area is 198 Å². The molecule has 1 atom stereocenters. The number of hydrogen-bond donors (Lipinski definition) is 1. The molecule has 0 spiro atoms. The van der Waals surface area contributed by atoms with Crippen molar-refractivity contribution in [2.45, 2.75) is 30.7 Å². The second kappa shape index (κ2) is 9.80. The summed E-state index contributed by atoms with van der Waals surface area (Å²) in [6, 6.07) is 11.4. The van der Waals surface area contributed by atoms with E-state index in [1.165, 1.54) is 22.2 Å². The smallest absolute Gasteiger partial charge is 0.243 e. The Balaban J connectivity index is 1.48. The minimum Gasteiger partial charge on any atom is -0.379 e. The zero-order chi connectivity index (χ0) is 23.6. The van der Waals surface area contributed by atoms with Crippen molar-refractivity contribution in [3.63, 3.8) is 0 Å². The Kier molecular flexibility index (Phi) is 7.04. The largest absolute Gasteiger partial charge is 0.379 e. The lowest BCUT2D eigenvalue weighted by atomic mass is 10.1. The standard InChI is InChI=1S/C23H26ClN3O5S/c1-16(28)27-21-7-6-20(33(30,31)26-10-12-32-13-11-26)14-18(21)15-22(27)23(29)25-9-8-17-2-4-19(24)5-3-17/h2-7,14,22H,8-13,15H2,1H3,(H,25,29). The lowest BCUT2D eigenvalue weighted by Gasteiger charge is -2.26. The SMILES string of the molecule is CC(=O)N1c2ccc(S(=O)(=O)N3CCOCC3)cc2CC1C(=O)NCCc1ccc(Cl)cc1. The number of nitrogens with zero attached hydrogens (tertiary/aromatic N) is 2. The monoisotopic (exact) mass is 491 g/mol. The molecule has 2 heterocycles. The number of carbonyl (C=O) groups excluding carboxylic acids is 2. The Morgan fingerprint density at radius 1 is 1.12 bits per heavy atom. The van der Waals surface area contributed by atoms with Crippen LogP contribution in [0.4, 0.5) is 5.69 Å². The average Bonchev–Trinajstić information content (AvgIpc) is 3.20. The quantitative estimate of drug-likeness (QED) is 0.666. The number of nitrogens with one attached hydrogen (secondary N) is 1. The summed E-state index contributed by atoms with van der Waals surface area (Å²) in [5, 5.41) is 3.55. The van der Waals surface area contributed by atoms with Gasteiger partial charge < -0.3 is 10.1 Å². The van der Waals surface area contributed by atoms with Crippen molar-refractivity contribution < 1.29 is 22.7 Å². The van der Waals surface area contributed by atoms with Crippen molar-refractivity contribution in [2.75, 3.05) is 37.7 Å². The molecule has 176 valence electrons. The number of rotatable bonds is 6. The van der Waals surface area contributed by atoms with Crippen LogP contribution in [0.2, 0.25) is 5.02 Å². The van der Waals surface area contributed by atoms with E-state index >= 15 is 0 Å². The number of benzene rings is 2. The molecular formula is C23H26ClN3O5S. The first-order valence-corrected chi connectivity index (χ1v) is 12.6. The van der Waals surface area contributed by atoms with Gasteiger partial charge in [0.2, 0.25) is 21.8 Å². The molecule has 0 aromatic heterocycles. The maximum absolute atomic E-state index is 13.0. The van der Waals surface area contributed by atoms with Gasteiger partial charge in [-0.05, 0) is 47.9 Å². The molecule has 8 nitrogen and oxygen atoms in total. The fraction of sp³-hybridized carbons (Fsp3) is 0.391. The van der Waals surface area contributed by atoms with Gasteiger partial charge in [-0.2, -0.15) is 4.31 Å². The highest BCUT2D eigenvalue weighted by atomic mass is 35.5. The third kappa shape index (κ3) is 5.06. The van der Waals surface area contributed by atoms with Crippen LogP contribution in [0.3, 0.4) is 0 Å². The van der Waals surface area contributed by atoms with Crippen LogP contribution >= 0.6 is 11.6 Å². The molecule has 1 N–H and O–H groups in total. The minimum absolute atomic E-state index is 0.162. The highest BCUT2D eigenvalue weighted by Gasteiger charge is 2.38. The molecule has 0 radical (unpaired) electrons. The molecular weight excluding hydrogens is 466 g/mol. The fourth-order valence-electron chi connectivity index (χ4n) is 4.22. The second-order valence-electron chi connectivity index (χ2n) is 8.08. The molecule has 0 saturated carbocycles. The summed E-state index contributed by atoms with van der Waals surface area (Å²) in [6.45, 7) is 3.15. The van der Waals surface area contributed by atoms with Crippen LogP contribution in [0.15, 0.2) is 47.4 Å². The van der Waals surface area contributed by atoms with E-state index in [-0.39, 0.29) is 23.1 Å². The summed E-state index contributed by atoms with van der Waals surface area (Å²) in [5.74, 6) is -0.539. The number of morpholine rings is 1. The molecule has 1 unspecified atom stereocenters. The van der Waals surface area contributed by atoms with Crippen LogP contribution in [0.1, 0.15) is 18.1 Å². The zero-order valence-electron chi connectivity index (χ0n) is 18.3. The third-order valence-corrected chi connectivity index (χ3v) is 8.06. The van der Waals surface area contributed by atoms with E-state index in [0.29, 0.717) is 55.5 Å². The zero-order valence-corrected chi connectivity index (χ0v) is 19.9. The molecule has 1 saturated heterocycles. The van der Waals surface area contributed by atoms with Gasteiger partial charge in [-0.25, -0.2) is 8.42 Å². The summed E-state index contributed by atoms with van der Waals surface area (Å²) in [5.41, 5.74) is 2.27. The highest BCUT2D eigenvalue weighted by molar-refractivity contribution is 7.89. The number of ether oxygens (including phenoxy) is 1. The molecule has 2 amide bonds. The molecule has 1 fully saturated rings. The Morgan fingerprint density at radius 3 is 2.48 bits per heavy atom. The molecule has 0 aliphatic carbocycles. The maximum atomic E-state index is 13.0. The molecule has 2 aromatic carbocycles. The Hall–Kier alpha value is -2.46. The summed E-state index contributed by atoms with van der Waals surface area (Å²) in [7, 11) is -3.67. The lowest BCUT2D eigenvalue weighted by molar-refractivity contribution is -0.125. The summed E-state index contributed by atoms with van der Waals surface area (Å²) in [6.07, 6.45) is 0.888. The van der Waals surface area contributed by atoms with Crippen molar-refractivity contribution in [3.8, 4) is 0 Å². The fourth-order valence-corrected chi connectivity index (χ4v) is 5.81. The summed E-state index contributed by atoms with van der Waals surface area (Å²) < 4.78 is 32.7. The van der Waals surface area contributed by atoms with Gasteiger partial charge in [-0.1, -0.05) is 23.7 Å². The van der Waals surface area contributed by atoms with Crippen molar-refractivity contribution in [1.29, 1.82) is 0 Å². The lowest BCUT2D eigenvalue weighted by Crippen LogP contribution is -2.47. The first-order chi connectivity index (χ1) is 15.8. The number of anilines is 1. The second-order valence-corrected chi connectivity index (χ2v) is 10.5. The van der Waals surface area contributed by atoms with Gasteiger partial charge >= 0.3 is 0 Å². The van der Waals surface area contributed by atoms with Gasteiger partial charge in [0.25, 0.3) is 0 Å². The Morgan fingerprint density at radius 2 is 1.82 bits per heavy atom. The van der Waals surface area contributed by atoms with Crippen LogP contribution < -0.4 is 10.2 Å². The summed E-state index contributed by atoms with van der Waals surface area (Å²) in [4.78, 5) is 26.9. The van der Waals surface area contributed by atoms with Crippen LogP contribution in [-0.4, -0.2) is 63.4 Å². The number of carbonyl (C=O) groups is 2. The Bertz CT molecular complexity index is 1150. The third-order valence-electron chi connectivity index (χ3n) is 5.91. The van der Waals surface area contributed by atoms with E-state index < -0.39 is 16.1 Å². The topological polar surface area (TPSA) is 96.0 Å². The van der Waals surface area contributed by atoms with Crippen LogP contribution in [-0.2, 0) is 37.2 Å². The van der Waals surface area contributed by atoms with E-state index in [1.807, 2.05) is 12.1 Å². The van der Waals surface area contributed by atoms with Gasteiger partial charge in [-0.3, -0.25) is 14.5 Å². The molecule has 10 heteroatoms. The minimum atomic E-state index is -3.67. The molecule has 2 aliphatic rings. The molecule has 2 aromatic rings. The van der Waals surface area contributed by atoms with Crippen molar-refractivity contribution in [2.24, 2.45) is 0 Å². The molecule has 4 rings (SSSR count). The normalized spacial score (nSPS) is 18.7. The van der Waals surface area contributed by atoms with E-state index in [9.17, 15) is 18.0 Å². The number of halogens is 1. The molecule has 2 aliphatic heterocycles. The number of sulfonamides is 1. The number of amides is 2. The highest BCUT2D eigenvalue weighted by Crippen LogP contribution is 2.35. The van der Waals surface area contributed by atoms with E-state index in [1.54, 1.807) is 24.3 Å². The number of fused-ring (bicyclic) bond motifs is 1. The van der Waals surface area contributed by atoms with Gasteiger partial charge in [-0.15, -0.1) is 0 Å². The van der Waals surface area contributed by atoms with Gasteiger partial charge in [0.15, 0.2) is 0 Å². The predicted molar refractivity (Wildman–Crippen MR) is 125 cm³/mol. The maximum Gasteiger partial charge on any atom is 0.243 e. The van der Waals surface area contributed by atoms with Gasteiger partial charge in [0.1, 0.15) is 6.04 Å². The van der Waals surface area contributed by atoms with Crippen LogP contribution in [0, 0.1) is 0 Å². The van der Waals surface area contributed by atoms with Crippen molar-refractivity contribution in [1.82, 2.24) is 9.62 Å². The molecule has 33 heavy (non-hydrogen) atoms.